The van der Waals surface area contributed by atoms with Crippen molar-refractivity contribution in [1.29, 1.82) is 0 Å². The van der Waals surface area contributed by atoms with E-state index in [-0.39, 0.29) is 5.41 Å². The molecule has 1 aromatic carbocycles. The summed E-state index contributed by atoms with van der Waals surface area (Å²) in [5.74, 6) is 0.773. The number of rotatable bonds is 3. The van der Waals surface area contributed by atoms with Gasteiger partial charge in [0, 0.05) is 5.41 Å². The fraction of sp³-hybridized carbons (Fsp3) is 0.429. The maximum absolute atomic E-state index is 10.5. The van der Waals surface area contributed by atoms with Crippen LogP contribution in [0.2, 0.25) is 0 Å². The molecule has 0 aliphatic heterocycles. The number of aliphatic hydroxyl groups excluding tert-OH is 1. The summed E-state index contributed by atoms with van der Waals surface area (Å²) in [6, 6.07) is 7.39. The van der Waals surface area contributed by atoms with Gasteiger partial charge in [0.15, 0.2) is 0 Å². The van der Waals surface area contributed by atoms with E-state index in [0.717, 1.165) is 21.9 Å². The van der Waals surface area contributed by atoms with E-state index in [9.17, 15) is 5.11 Å². The normalized spacial score (nSPS) is 13.3. The largest absolute Gasteiger partial charge is 0.497 e. The Labute approximate surface area is 117 Å². The molecule has 0 spiro atoms. The first-order chi connectivity index (χ1) is 8.93. The lowest BCUT2D eigenvalue weighted by Gasteiger charge is -2.19. The smallest absolute Gasteiger partial charge is 0.118 e. The zero-order valence-electron chi connectivity index (χ0n) is 11.5. The minimum absolute atomic E-state index is 0.129. The van der Waals surface area contributed by atoms with Crippen LogP contribution in [-0.4, -0.2) is 21.8 Å². The molecule has 0 saturated carbocycles. The molecule has 1 unspecified atom stereocenters. The number of aromatic nitrogens is 2. The van der Waals surface area contributed by atoms with Crippen LogP contribution in [0.1, 0.15) is 43.0 Å². The molecule has 0 bridgehead atoms. The number of aliphatic hydroxyl groups is 1. The lowest BCUT2D eigenvalue weighted by atomic mass is 9.89. The van der Waals surface area contributed by atoms with Gasteiger partial charge in [0.1, 0.15) is 11.9 Å². The van der Waals surface area contributed by atoms with Gasteiger partial charge in [-0.15, -0.1) is 5.10 Å². The number of benzene rings is 1. The molecule has 1 aromatic heterocycles. The molecule has 1 N–H and O–H groups in total. The second-order valence-corrected chi connectivity index (χ2v) is 6.20. The van der Waals surface area contributed by atoms with E-state index >= 15 is 0 Å². The van der Waals surface area contributed by atoms with Crippen molar-refractivity contribution in [3.63, 3.8) is 0 Å². The Morgan fingerprint density at radius 2 is 1.84 bits per heavy atom. The molecule has 0 aliphatic carbocycles. The van der Waals surface area contributed by atoms with Crippen LogP contribution in [0.5, 0.6) is 5.75 Å². The molecule has 19 heavy (non-hydrogen) atoms. The second-order valence-electron chi connectivity index (χ2n) is 5.41. The maximum Gasteiger partial charge on any atom is 0.118 e. The summed E-state index contributed by atoms with van der Waals surface area (Å²) in [7, 11) is 1.62. The van der Waals surface area contributed by atoms with Crippen molar-refractivity contribution in [3.8, 4) is 5.75 Å². The summed E-state index contributed by atoms with van der Waals surface area (Å²) >= 11 is 1.25. The molecule has 0 saturated heterocycles. The molecular weight excluding hydrogens is 260 g/mol. The molecule has 102 valence electrons. The van der Waals surface area contributed by atoms with E-state index in [1.165, 1.54) is 11.5 Å². The highest BCUT2D eigenvalue weighted by Gasteiger charge is 2.27. The van der Waals surface area contributed by atoms with Gasteiger partial charge in [-0.2, -0.15) is 0 Å². The van der Waals surface area contributed by atoms with Crippen LogP contribution in [0.15, 0.2) is 24.3 Å². The van der Waals surface area contributed by atoms with Crippen LogP contribution < -0.4 is 4.74 Å². The van der Waals surface area contributed by atoms with Crippen LogP contribution in [0, 0.1) is 0 Å². The molecule has 4 nitrogen and oxygen atoms in total. The van der Waals surface area contributed by atoms with Gasteiger partial charge in [-0.1, -0.05) is 37.4 Å². The molecule has 0 amide bonds. The number of hydrogen-bond donors (Lipinski definition) is 1. The third-order valence-corrected chi connectivity index (χ3v) is 3.68. The monoisotopic (exact) mass is 278 g/mol. The lowest BCUT2D eigenvalue weighted by molar-refractivity contribution is 0.221. The number of ether oxygens (including phenoxy) is 1. The van der Waals surface area contributed by atoms with Crippen molar-refractivity contribution in [2.75, 3.05) is 7.11 Å². The fourth-order valence-electron chi connectivity index (χ4n) is 1.83. The fourth-order valence-corrected chi connectivity index (χ4v) is 2.71. The topological polar surface area (TPSA) is 55.2 Å². The van der Waals surface area contributed by atoms with E-state index in [1.807, 2.05) is 24.3 Å². The second kappa shape index (κ2) is 5.27. The molecule has 0 radical (unpaired) electrons. The molecule has 2 aromatic rings. The summed E-state index contributed by atoms with van der Waals surface area (Å²) in [5.41, 5.74) is 1.54. The predicted molar refractivity (Wildman–Crippen MR) is 75.7 cm³/mol. The molecular formula is C14H18N2O2S. The lowest BCUT2D eigenvalue weighted by Crippen LogP contribution is -2.16. The van der Waals surface area contributed by atoms with Gasteiger partial charge in [0.25, 0.3) is 0 Å². The highest BCUT2D eigenvalue weighted by Crippen LogP contribution is 2.33. The summed E-state index contributed by atoms with van der Waals surface area (Å²) < 4.78 is 9.09. The Balaban J connectivity index is 2.33. The van der Waals surface area contributed by atoms with Crippen LogP contribution in [0.3, 0.4) is 0 Å². The zero-order valence-corrected chi connectivity index (χ0v) is 12.4. The van der Waals surface area contributed by atoms with Crippen LogP contribution in [0.25, 0.3) is 0 Å². The minimum Gasteiger partial charge on any atom is -0.497 e. The summed E-state index contributed by atoms with van der Waals surface area (Å²) in [6.07, 6.45) is -0.694. The van der Waals surface area contributed by atoms with Gasteiger partial charge in [-0.25, -0.2) is 0 Å². The first-order valence-corrected chi connectivity index (χ1v) is 6.85. The van der Waals surface area contributed by atoms with E-state index in [1.54, 1.807) is 7.11 Å². The van der Waals surface area contributed by atoms with Gasteiger partial charge in [-0.05, 0) is 29.2 Å². The Bertz CT molecular complexity index is 543. The first kappa shape index (κ1) is 14.0. The molecule has 1 heterocycles. The van der Waals surface area contributed by atoms with Crippen molar-refractivity contribution in [1.82, 2.24) is 9.59 Å². The van der Waals surface area contributed by atoms with Crippen molar-refractivity contribution in [3.05, 3.63) is 40.4 Å². The van der Waals surface area contributed by atoms with Gasteiger partial charge in [0.2, 0.25) is 0 Å². The predicted octanol–water partition coefficient (Wildman–Crippen LogP) is 2.93. The highest BCUT2D eigenvalue weighted by atomic mass is 32.1. The van der Waals surface area contributed by atoms with Crippen molar-refractivity contribution >= 4 is 11.5 Å². The first-order valence-electron chi connectivity index (χ1n) is 6.08. The molecule has 5 heteroatoms. The summed E-state index contributed by atoms with van der Waals surface area (Å²) in [5, 5.41) is 14.6. The van der Waals surface area contributed by atoms with E-state index < -0.39 is 6.10 Å². The molecule has 0 aliphatic rings. The van der Waals surface area contributed by atoms with E-state index in [2.05, 4.69) is 30.4 Å². The maximum atomic E-state index is 10.5. The third-order valence-electron chi connectivity index (χ3n) is 2.90. The zero-order chi connectivity index (χ0) is 14.0. The van der Waals surface area contributed by atoms with Crippen LogP contribution in [0.4, 0.5) is 0 Å². The van der Waals surface area contributed by atoms with Crippen molar-refractivity contribution < 1.29 is 9.84 Å². The van der Waals surface area contributed by atoms with Crippen LogP contribution >= 0.6 is 11.5 Å². The van der Waals surface area contributed by atoms with Crippen LogP contribution in [-0.2, 0) is 5.41 Å². The Kier molecular flexibility index (Phi) is 3.87. The van der Waals surface area contributed by atoms with Gasteiger partial charge in [-0.3, -0.25) is 0 Å². The molecule has 1 atom stereocenters. The third kappa shape index (κ3) is 2.93. The molecule has 2 rings (SSSR count). The molecule has 0 fully saturated rings. The summed E-state index contributed by atoms with van der Waals surface area (Å²) in [6.45, 7) is 6.19. The van der Waals surface area contributed by atoms with Crippen molar-refractivity contribution in [2.45, 2.75) is 32.3 Å². The van der Waals surface area contributed by atoms with Crippen molar-refractivity contribution in [2.24, 2.45) is 0 Å². The highest BCUT2D eigenvalue weighted by molar-refractivity contribution is 7.05. The Hall–Kier alpha value is -1.46. The Morgan fingerprint density at radius 1 is 1.21 bits per heavy atom. The standard InChI is InChI=1S/C14H18N2O2S/c1-14(2,3)13-12(19-16-15-13)11(17)9-5-7-10(18-4)8-6-9/h5-8,11,17H,1-4H3. The number of methoxy groups -OCH3 is 1. The van der Waals surface area contributed by atoms with Gasteiger partial charge in [0.05, 0.1) is 17.7 Å². The quantitative estimate of drug-likeness (QED) is 0.938. The average Bonchev–Trinajstić information content (AvgIpc) is 2.87. The number of hydrogen-bond acceptors (Lipinski definition) is 5. The average molecular weight is 278 g/mol. The van der Waals surface area contributed by atoms with E-state index in [4.69, 9.17) is 4.74 Å². The van der Waals surface area contributed by atoms with Gasteiger partial charge >= 0.3 is 0 Å². The Morgan fingerprint density at radius 3 is 2.37 bits per heavy atom. The van der Waals surface area contributed by atoms with E-state index in [0.29, 0.717) is 0 Å². The SMILES string of the molecule is COc1ccc(C(O)c2snnc2C(C)(C)C)cc1. The summed E-state index contributed by atoms with van der Waals surface area (Å²) in [4.78, 5) is 0.803. The van der Waals surface area contributed by atoms with Gasteiger partial charge < -0.3 is 9.84 Å². The minimum atomic E-state index is -0.694. The number of nitrogens with zero attached hydrogens (tertiary/aromatic N) is 2.